The summed E-state index contributed by atoms with van der Waals surface area (Å²) in [4.78, 5) is 31.9. The monoisotopic (exact) mass is 476 g/mol. The van der Waals surface area contributed by atoms with Crippen LogP contribution in [0.4, 0.5) is 5.69 Å². The minimum atomic E-state index is -1.31. The van der Waals surface area contributed by atoms with E-state index in [0.29, 0.717) is 0 Å². The molecule has 4 rings (SSSR count). The molecule has 2 aromatic rings. The average Bonchev–Trinajstić information content (AvgIpc) is 3.19. The molecule has 0 spiro atoms. The van der Waals surface area contributed by atoms with Crippen LogP contribution in [0.2, 0.25) is 0 Å². The van der Waals surface area contributed by atoms with Crippen LogP contribution in [0.3, 0.4) is 0 Å². The molecule has 0 amide bonds. The third-order valence-corrected chi connectivity index (χ3v) is 7.72. The van der Waals surface area contributed by atoms with Crippen molar-refractivity contribution in [1.29, 1.82) is 0 Å². The molecule has 0 radical (unpaired) electrons. The van der Waals surface area contributed by atoms with Crippen molar-refractivity contribution in [2.75, 3.05) is 45.4 Å². The van der Waals surface area contributed by atoms with E-state index in [1.54, 1.807) is 6.20 Å². The maximum absolute atomic E-state index is 12.4. The van der Waals surface area contributed by atoms with E-state index in [4.69, 9.17) is 14.2 Å². The second-order valence-corrected chi connectivity index (χ2v) is 9.61. The van der Waals surface area contributed by atoms with Gasteiger partial charge in [-0.2, -0.15) is 0 Å². The number of anilines is 1. The number of hydrogen-bond donors (Lipinski definition) is 0. The molecule has 0 N–H and O–H groups in total. The van der Waals surface area contributed by atoms with E-state index in [2.05, 4.69) is 28.1 Å². The summed E-state index contributed by atoms with van der Waals surface area (Å²) in [7, 11) is 2.59. The molecule has 1 aromatic carbocycles. The summed E-state index contributed by atoms with van der Waals surface area (Å²) < 4.78 is 17.6. The van der Waals surface area contributed by atoms with Crippen LogP contribution in [0.15, 0.2) is 36.5 Å². The second-order valence-electron chi connectivity index (χ2n) is 7.38. The summed E-state index contributed by atoms with van der Waals surface area (Å²) in [6.45, 7) is 3.24. The van der Waals surface area contributed by atoms with E-state index in [9.17, 15) is 9.59 Å². The van der Waals surface area contributed by atoms with Gasteiger partial charge in [0.25, 0.3) is 0 Å². The van der Waals surface area contributed by atoms with Crippen molar-refractivity contribution >= 4 is 41.6 Å². The first-order chi connectivity index (χ1) is 14.6. The van der Waals surface area contributed by atoms with E-state index in [0.717, 1.165) is 42.0 Å². The topological polar surface area (TPSA) is 78.0 Å². The number of nitrogens with zero attached hydrogens (tertiary/aromatic N) is 2. The van der Waals surface area contributed by atoms with Gasteiger partial charge in [-0.3, -0.25) is 0 Å². The second kappa shape index (κ2) is 8.76. The minimum absolute atomic E-state index is 0.00823. The number of carbonyl (C=O) groups is 2. The Balaban J connectivity index is 1.59. The van der Waals surface area contributed by atoms with Crippen LogP contribution in [-0.2, 0) is 36.6 Å². The van der Waals surface area contributed by atoms with Crippen molar-refractivity contribution in [2.45, 2.75) is 12.8 Å². The van der Waals surface area contributed by atoms with Gasteiger partial charge in [0, 0.05) is 0 Å². The molecule has 2 heterocycles. The molecule has 1 aliphatic carbocycles. The van der Waals surface area contributed by atoms with Crippen LogP contribution in [0.1, 0.15) is 11.1 Å². The molecule has 1 aliphatic heterocycles. The Hall–Kier alpha value is -2.41. The Morgan fingerprint density at radius 2 is 1.73 bits per heavy atom. The first-order valence-electron chi connectivity index (χ1n) is 9.81. The molecule has 0 bridgehead atoms. The fraction of sp³-hybridized carbons (Fsp3) is 0.409. The number of morpholine rings is 1. The number of pyridine rings is 1. The number of esters is 2. The fourth-order valence-electron chi connectivity index (χ4n) is 4.08. The number of rotatable bonds is 5. The predicted octanol–water partition coefficient (Wildman–Crippen LogP) is 0.00420. The predicted molar refractivity (Wildman–Crippen MR) is 113 cm³/mol. The van der Waals surface area contributed by atoms with Crippen LogP contribution in [0.5, 0.6) is 0 Å². The number of carbonyl (C=O) groups excluding carboxylic acids is 2. The van der Waals surface area contributed by atoms with Gasteiger partial charge in [-0.1, -0.05) is 0 Å². The molecular formula is C22H24N2O5Se. The van der Waals surface area contributed by atoms with Gasteiger partial charge in [-0.25, -0.2) is 0 Å². The number of aromatic nitrogens is 1. The first-order valence-corrected chi connectivity index (χ1v) is 11.5. The van der Waals surface area contributed by atoms with Crippen LogP contribution in [-0.4, -0.2) is 72.4 Å². The summed E-state index contributed by atoms with van der Waals surface area (Å²) in [5.74, 6) is -1.12. The van der Waals surface area contributed by atoms with Gasteiger partial charge in [0.15, 0.2) is 0 Å². The van der Waals surface area contributed by atoms with Crippen molar-refractivity contribution in [2.24, 2.45) is 5.41 Å². The van der Waals surface area contributed by atoms with Crippen molar-refractivity contribution in [1.82, 2.24) is 4.98 Å². The molecule has 1 saturated heterocycles. The molecular weight excluding hydrogens is 451 g/mol. The van der Waals surface area contributed by atoms with Crippen molar-refractivity contribution in [3.05, 3.63) is 47.7 Å². The Labute approximate surface area is 181 Å². The van der Waals surface area contributed by atoms with Gasteiger partial charge >= 0.3 is 182 Å². The SMILES string of the molecule is COC(=O)C1(C(=O)OC)Cc2cnc([Se]c3ccccc3N3CCOCC3)cc2C1. The van der Waals surface area contributed by atoms with E-state index >= 15 is 0 Å². The molecule has 0 saturated carbocycles. The zero-order valence-corrected chi connectivity index (χ0v) is 18.8. The Morgan fingerprint density at radius 3 is 2.43 bits per heavy atom. The third-order valence-electron chi connectivity index (χ3n) is 5.63. The number of benzene rings is 1. The molecule has 2 aliphatic rings. The Bertz CT molecular complexity index is 942. The van der Waals surface area contributed by atoms with E-state index in [1.165, 1.54) is 24.4 Å². The molecule has 1 fully saturated rings. The van der Waals surface area contributed by atoms with Gasteiger partial charge < -0.3 is 0 Å². The van der Waals surface area contributed by atoms with Gasteiger partial charge in [0.05, 0.1) is 0 Å². The molecule has 0 atom stereocenters. The van der Waals surface area contributed by atoms with Gasteiger partial charge in [0.1, 0.15) is 0 Å². The molecule has 1 aromatic heterocycles. The standard InChI is InChI=1S/C22H24N2O5Se/c1-27-20(25)22(21(26)28-2)12-15-11-19(23-14-16(15)13-22)30-18-6-4-3-5-17(18)24-7-9-29-10-8-24/h3-6,11,14H,7-10,12-13H2,1-2H3. The molecule has 30 heavy (non-hydrogen) atoms. The maximum atomic E-state index is 12.4. The molecule has 158 valence electrons. The average molecular weight is 475 g/mol. The summed E-state index contributed by atoms with van der Waals surface area (Å²) in [6.07, 6.45) is 2.32. The summed E-state index contributed by atoms with van der Waals surface area (Å²) in [5, 5.41) is 0. The summed E-state index contributed by atoms with van der Waals surface area (Å²) in [5.41, 5.74) is 1.76. The van der Waals surface area contributed by atoms with Crippen molar-refractivity contribution in [3.8, 4) is 0 Å². The third kappa shape index (κ3) is 3.83. The van der Waals surface area contributed by atoms with Crippen molar-refractivity contribution in [3.63, 3.8) is 0 Å². The van der Waals surface area contributed by atoms with Crippen LogP contribution in [0, 0.1) is 5.41 Å². The quantitative estimate of drug-likeness (QED) is 0.343. The number of methoxy groups -OCH3 is 2. The van der Waals surface area contributed by atoms with Crippen LogP contribution >= 0.6 is 0 Å². The number of para-hydroxylation sites is 1. The van der Waals surface area contributed by atoms with E-state index in [1.807, 2.05) is 12.1 Å². The van der Waals surface area contributed by atoms with Gasteiger partial charge in [-0.05, 0) is 0 Å². The normalized spacial score (nSPS) is 17.3. The summed E-state index contributed by atoms with van der Waals surface area (Å²) >= 11 is -0.00823. The Kier molecular flexibility index (Phi) is 6.09. The molecule has 8 heteroatoms. The summed E-state index contributed by atoms with van der Waals surface area (Å²) in [6, 6.07) is 10.4. The Morgan fingerprint density at radius 1 is 1.07 bits per heavy atom. The van der Waals surface area contributed by atoms with E-state index in [-0.39, 0.29) is 27.8 Å². The van der Waals surface area contributed by atoms with Crippen LogP contribution < -0.4 is 14.0 Å². The number of fused-ring (bicyclic) bond motifs is 1. The molecule has 0 unspecified atom stereocenters. The van der Waals surface area contributed by atoms with E-state index < -0.39 is 17.4 Å². The van der Waals surface area contributed by atoms with Gasteiger partial charge in [-0.15, -0.1) is 0 Å². The first kappa shape index (κ1) is 20.8. The zero-order valence-electron chi connectivity index (χ0n) is 17.1. The van der Waals surface area contributed by atoms with Gasteiger partial charge in [0.2, 0.25) is 0 Å². The zero-order chi connectivity index (χ0) is 21.1. The fourth-order valence-corrected chi connectivity index (χ4v) is 6.14. The number of ether oxygens (including phenoxy) is 3. The number of hydrogen-bond acceptors (Lipinski definition) is 7. The van der Waals surface area contributed by atoms with Crippen LogP contribution in [0.25, 0.3) is 0 Å². The van der Waals surface area contributed by atoms with Crippen molar-refractivity contribution < 1.29 is 23.8 Å². The molecule has 7 nitrogen and oxygen atoms in total.